The summed E-state index contributed by atoms with van der Waals surface area (Å²) < 4.78 is 43.5. The van der Waals surface area contributed by atoms with Crippen LogP contribution in [-0.4, -0.2) is 72.5 Å². The summed E-state index contributed by atoms with van der Waals surface area (Å²) >= 11 is 0. The third kappa shape index (κ3) is 5.54. The quantitative estimate of drug-likeness (QED) is 0.223. The van der Waals surface area contributed by atoms with Gasteiger partial charge in [-0.1, -0.05) is 18.2 Å². The highest BCUT2D eigenvalue weighted by molar-refractivity contribution is 5.70. The van der Waals surface area contributed by atoms with Crippen LogP contribution in [0.2, 0.25) is 0 Å². The van der Waals surface area contributed by atoms with Gasteiger partial charge in [0, 0.05) is 36.3 Å². The summed E-state index contributed by atoms with van der Waals surface area (Å²) in [5.74, 6) is 5.71. The van der Waals surface area contributed by atoms with Crippen LogP contribution >= 0.6 is 0 Å². The Morgan fingerprint density at radius 3 is 2.06 bits per heavy atom. The number of ether oxygens (including phenoxy) is 7. The molecule has 0 fully saturated rings. The maximum atomic E-state index is 7.07. The molecule has 4 aromatic carbocycles. The molecule has 9 nitrogen and oxygen atoms in total. The summed E-state index contributed by atoms with van der Waals surface area (Å²) in [5.41, 5.74) is 6.78. The second-order valence-electron chi connectivity index (χ2n) is 12.8. The van der Waals surface area contributed by atoms with Crippen LogP contribution in [-0.2, 0) is 25.7 Å². The average molecular weight is 653 g/mol. The van der Waals surface area contributed by atoms with E-state index >= 15 is 0 Å². The van der Waals surface area contributed by atoms with Crippen LogP contribution in [0.3, 0.4) is 0 Å². The van der Waals surface area contributed by atoms with E-state index in [-0.39, 0.29) is 12.1 Å². The SMILES string of the molecule is COc1ccc2cc1Oc1cccc(c1)C[C@H]1c3c(c(OC)c(OC)c(OC)c3Oc3cc4c(cc3OC)CCN(C)[C@H]4C2)CCN1C. The third-order valence-electron chi connectivity index (χ3n) is 10.1. The average Bonchev–Trinajstić information content (AvgIpc) is 3.10. The van der Waals surface area contributed by atoms with Gasteiger partial charge in [-0.25, -0.2) is 0 Å². The van der Waals surface area contributed by atoms with Crippen molar-refractivity contribution in [1.29, 1.82) is 0 Å². The largest absolute Gasteiger partial charge is 0.493 e. The van der Waals surface area contributed by atoms with Crippen molar-refractivity contribution in [3.05, 3.63) is 88.0 Å². The first-order chi connectivity index (χ1) is 23.4. The summed E-state index contributed by atoms with van der Waals surface area (Å²) in [4.78, 5) is 4.77. The summed E-state index contributed by atoms with van der Waals surface area (Å²) in [6.07, 6.45) is 3.14. The van der Waals surface area contributed by atoms with E-state index in [2.05, 4.69) is 60.3 Å². The number of methoxy groups -OCH3 is 5. The van der Waals surface area contributed by atoms with Gasteiger partial charge in [0.05, 0.1) is 35.5 Å². The van der Waals surface area contributed by atoms with Crippen LogP contribution in [0.1, 0.15) is 45.5 Å². The van der Waals surface area contributed by atoms with Crippen molar-refractivity contribution in [3.63, 3.8) is 0 Å². The zero-order valence-corrected chi connectivity index (χ0v) is 28.8. The first kappa shape index (κ1) is 32.0. The van der Waals surface area contributed by atoms with E-state index in [4.69, 9.17) is 33.2 Å². The Morgan fingerprint density at radius 2 is 1.31 bits per heavy atom. The molecule has 0 spiro atoms. The van der Waals surface area contributed by atoms with Gasteiger partial charge in [0.15, 0.2) is 34.5 Å². The van der Waals surface area contributed by atoms with Crippen LogP contribution in [0.5, 0.6) is 51.7 Å². The first-order valence-electron chi connectivity index (χ1n) is 16.4. The first-order valence-corrected chi connectivity index (χ1v) is 16.4. The second-order valence-corrected chi connectivity index (χ2v) is 12.8. The minimum atomic E-state index is -0.0660. The molecule has 0 amide bonds. The molecule has 3 aliphatic heterocycles. The van der Waals surface area contributed by atoms with E-state index in [0.717, 1.165) is 60.4 Å². The summed E-state index contributed by atoms with van der Waals surface area (Å²) in [6.45, 7) is 1.76. The minimum absolute atomic E-state index is 0.0660. The van der Waals surface area contributed by atoms with Gasteiger partial charge < -0.3 is 33.2 Å². The predicted molar refractivity (Wildman–Crippen MR) is 184 cm³/mol. The maximum Gasteiger partial charge on any atom is 0.208 e. The van der Waals surface area contributed by atoms with E-state index in [1.54, 1.807) is 35.5 Å². The lowest BCUT2D eigenvalue weighted by molar-refractivity contribution is 0.216. The fourth-order valence-corrected chi connectivity index (χ4v) is 7.62. The molecular weight excluding hydrogens is 608 g/mol. The van der Waals surface area contributed by atoms with Gasteiger partial charge in [-0.15, -0.1) is 0 Å². The van der Waals surface area contributed by atoms with Crippen molar-refractivity contribution in [3.8, 4) is 51.7 Å². The molecule has 9 heteroatoms. The fraction of sp³-hybridized carbons (Fsp3) is 0.385. The molecule has 0 aliphatic carbocycles. The normalized spacial score (nSPS) is 18.8. The van der Waals surface area contributed by atoms with Crippen LogP contribution in [0.15, 0.2) is 54.6 Å². The highest BCUT2D eigenvalue weighted by Crippen LogP contribution is 2.56. The van der Waals surface area contributed by atoms with Gasteiger partial charge in [-0.3, -0.25) is 9.80 Å². The van der Waals surface area contributed by atoms with Gasteiger partial charge in [0.25, 0.3) is 0 Å². The van der Waals surface area contributed by atoms with Crippen molar-refractivity contribution < 1.29 is 33.2 Å². The van der Waals surface area contributed by atoms with Crippen molar-refractivity contribution in [1.82, 2.24) is 9.80 Å². The zero-order valence-electron chi connectivity index (χ0n) is 28.8. The smallest absolute Gasteiger partial charge is 0.208 e. The van der Waals surface area contributed by atoms with Gasteiger partial charge in [0.2, 0.25) is 11.5 Å². The molecule has 3 heterocycles. The monoisotopic (exact) mass is 652 g/mol. The Bertz CT molecular complexity index is 1840. The molecule has 0 saturated carbocycles. The highest BCUT2D eigenvalue weighted by Gasteiger charge is 2.37. The lowest BCUT2D eigenvalue weighted by Crippen LogP contribution is -2.34. The van der Waals surface area contributed by atoms with Crippen LogP contribution < -0.4 is 33.2 Å². The van der Waals surface area contributed by atoms with Crippen LogP contribution in [0, 0.1) is 0 Å². The van der Waals surface area contributed by atoms with E-state index < -0.39 is 0 Å². The summed E-state index contributed by atoms with van der Waals surface area (Å²) in [5, 5.41) is 0. The lowest BCUT2D eigenvalue weighted by atomic mass is 9.86. The second kappa shape index (κ2) is 13.1. The zero-order chi connectivity index (χ0) is 33.5. The number of fused-ring (bicyclic) bond motifs is 5. The third-order valence-corrected chi connectivity index (χ3v) is 10.1. The standard InChI is InChI=1S/C39H44N2O7/c1-40-15-13-25-21-32(43-4)34-22-28(25)29(40)18-24-11-12-31(42-3)33(20-24)47-26-10-8-9-23(17-26)19-30-35-27(14-16-41(30)2)36(44-5)38(45-6)39(46-7)37(35)48-34/h8-12,17,20-22,29-30H,13-16,18-19H2,1-7H3/t29-,30-/m0/s1. The van der Waals surface area contributed by atoms with Gasteiger partial charge in [-0.05, 0) is 98.4 Å². The number of hydrogen-bond donors (Lipinski definition) is 0. The molecule has 0 saturated heterocycles. The fourth-order valence-electron chi connectivity index (χ4n) is 7.62. The Kier molecular flexibility index (Phi) is 8.74. The molecule has 0 unspecified atom stereocenters. The van der Waals surface area contributed by atoms with Gasteiger partial charge in [0.1, 0.15) is 5.75 Å². The van der Waals surface area contributed by atoms with E-state index in [9.17, 15) is 0 Å². The number of hydrogen-bond acceptors (Lipinski definition) is 9. The van der Waals surface area contributed by atoms with E-state index in [0.29, 0.717) is 52.4 Å². The summed E-state index contributed by atoms with van der Waals surface area (Å²) in [7, 11) is 12.7. The molecule has 6 bridgehead atoms. The molecule has 0 radical (unpaired) electrons. The van der Waals surface area contributed by atoms with Crippen molar-refractivity contribution in [2.45, 2.75) is 37.8 Å². The number of nitrogens with zero attached hydrogens (tertiary/aromatic N) is 2. The van der Waals surface area contributed by atoms with Crippen LogP contribution in [0.25, 0.3) is 0 Å². The molecule has 0 N–H and O–H groups in total. The molecule has 0 aromatic heterocycles. The molecule has 3 aliphatic rings. The number of rotatable bonds is 5. The Balaban J connectivity index is 1.51. The Hall–Kier alpha value is -4.60. The van der Waals surface area contributed by atoms with Crippen LogP contribution in [0.4, 0.5) is 0 Å². The van der Waals surface area contributed by atoms with Gasteiger partial charge >= 0.3 is 0 Å². The topological polar surface area (TPSA) is 71.1 Å². The molecular formula is C39H44N2O7. The lowest BCUT2D eigenvalue weighted by Gasteiger charge is -2.38. The Labute approximate surface area is 282 Å². The van der Waals surface area contributed by atoms with Crippen molar-refractivity contribution in [2.24, 2.45) is 0 Å². The minimum Gasteiger partial charge on any atom is -0.493 e. The van der Waals surface area contributed by atoms with Gasteiger partial charge in [-0.2, -0.15) is 0 Å². The molecule has 7 rings (SSSR count). The molecule has 2 atom stereocenters. The van der Waals surface area contributed by atoms with Crippen molar-refractivity contribution >= 4 is 0 Å². The predicted octanol–water partition coefficient (Wildman–Crippen LogP) is 7.17. The molecule has 48 heavy (non-hydrogen) atoms. The Morgan fingerprint density at radius 1 is 0.625 bits per heavy atom. The molecule has 252 valence electrons. The van der Waals surface area contributed by atoms with E-state index in [1.807, 2.05) is 18.2 Å². The van der Waals surface area contributed by atoms with Crippen molar-refractivity contribution in [2.75, 3.05) is 62.7 Å². The summed E-state index contributed by atoms with van der Waals surface area (Å²) in [6, 6.07) is 18.8. The highest BCUT2D eigenvalue weighted by atomic mass is 16.6. The number of benzene rings is 4. The molecule has 4 aromatic rings. The van der Waals surface area contributed by atoms with E-state index in [1.165, 1.54) is 11.1 Å². The maximum absolute atomic E-state index is 7.07. The number of likely N-dealkylation sites (N-methyl/N-ethyl adjacent to an activating group) is 2.